The Morgan fingerprint density at radius 3 is 2.55 bits per heavy atom. The molecule has 1 aromatic rings. The number of rotatable bonds is 2. The van der Waals surface area contributed by atoms with Crippen molar-refractivity contribution in [1.29, 1.82) is 0 Å². The number of fused-ring (bicyclic) bond motifs is 1. The van der Waals surface area contributed by atoms with Crippen LogP contribution in [-0.4, -0.2) is 19.3 Å². The number of allylic oxidation sites excluding steroid dienone is 1. The molecule has 0 spiro atoms. The summed E-state index contributed by atoms with van der Waals surface area (Å²) in [4.78, 5) is 11.0. The lowest BCUT2D eigenvalue weighted by Gasteiger charge is -2.22. The van der Waals surface area contributed by atoms with Gasteiger partial charge in [0.1, 0.15) is 11.5 Å². The summed E-state index contributed by atoms with van der Waals surface area (Å²) < 4.78 is 46.6. The highest BCUT2D eigenvalue weighted by Gasteiger charge is 2.42. The highest BCUT2D eigenvalue weighted by molar-refractivity contribution is 5.84. The lowest BCUT2D eigenvalue weighted by molar-refractivity contribution is -0.192. The van der Waals surface area contributed by atoms with Gasteiger partial charge in [0.25, 0.3) is 0 Å². The second-order valence-electron chi connectivity index (χ2n) is 4.52. The Balaban J connectivity index is 2.40. The summed E-state index contributed by atoms with van der Waals surface area (Å²) in [6.45, 7) is 1.65. The van der Waals surface area contributed by atoms with Gasteiger partial charge in [-0.2, -0.15) is 13.2 Å². The van der Waals surface area contributed by atoms with Crippen LogP contribution in [-0.2, 0) is 16.0 Å². The zero-order chi connectivity index (χ0) is 14.9. The molecule has 3 nitrogen and oxygen atoms in total. The predicted molar refractivity (Wildman–Crippen MR) is 66.1 cm³/mol. The Kier molecular flexibility index (Phi) is 3.74. The largest absolute Gasteiger partial charge is 0.497 e. The van der Waals surface area contributed by atoms with Crippen LogP contribution in [0.25, 0.3) is 5.76 Å². The smallest absolute Gasteiger partial charge is 0.491 e. The Hall–Kier alpha value is -1.98. The monoisotopic (exact) mass is 286 g/mol. The third-order valence-corrected chi connectivity index (χ3v) is 3.14. The fourth-order valence-electron chi connectivity index (χ4n) is 2.07. The molecule has 0 saturated carbocycles. The number of hydrogen-bond donors (Lipinski definition) is 0. The summed E-state index contributed by atoms with van der Waals surface area (Å²) in [5.41, 5.74) is 1.93. The molecule has 0 unspecified atom stereocenters. The van der Waals surface area contributed by atoms with Gasteiger partial charge in [0.05, 0.1) is 7.11 Å². The molecule has 0 N–H and O–H groups in total. The third-order valence-electron chi connectivity index (χ3n) is 3.14. The third kappa shape index (κ3) is 2.79. The fourth-order valence-corrected chi connectivity index (χ4v) is 2.07. The standard InChI is InChI=1S/C14H13F3O3/c1-8-3-4-9-5-6-10(19-2)7-11(9)12(8)20-13(18)14(15,16)17/h5-7H,3-4H2,1-2H3. The molecule has 1 aliphatic carbocycles. The molecule has 0 amide bonds. The number of alkyl halides is 3. The Morgan fingerprint density at radius 1 is 1.25 bits per heavy atom. The molecule has 0 fully saturated rings. The van der Waals surface area contributed by atoms with Crippen LogP contribution in [0.5, 0.6) is 5.75 Å². The maximum Gasteiger partial charge on any atom is 0.491 e. The number of aryl methyl sites for hydroxylation is 1. The van der Waals surface area contributed by atoms with Gasteiger partial charge in [0, 0.05) is 5.56 Å². The van der Waals surface area contributed by atoms with E-state index in [0.717, 1.165) is 5.56 Å². The van der Waals surface area contributed by atoms with Crippen molar-refractivity contribution in [2.45, 2.75) is 25.9 Å². The molecule has 0 aliphatic heterocycles. The number of esters is 1. The van der Waals surface area contributed by atoms with E-state index in [1.54, 1.807) is 25.1 Å². The molecular weight excluding hydrogens is 273 g/mol. The van der Waals surface area contributed by atoms with Crippen molar-refractivity contribution in [1.82, 2.24) is 0 Å². The SMILES string of the molecule is COc1ccc2c(c1)C(OC(=O)C(F)(F)F)=C(C)CC2. The molecule has 0 bridgehead atoms. The maximum atomic E-state index is 12.3. The van der Waals surface area contributed by atoms with Crippen LogP contribution in [0.1, 0.15) is 24.5 Å². The van der Waals surface area contributed by atoms with E-state index in [-0.39, 0.29) is 5.76 Å². The lowest BCUT2D eigenvalue weighted by Crippen LogP contribution is -2.25. The molecule has 0 heterocycles. The van der Waals surface area contributed by atoms with Crippen molar-refractivity contribution in [3.05, 3.63) is 34.9 Å². The van der Waals surface area contributed by atoms with Crippen LogP contribution in [0.2, 0.25) is 0 Å². The van der Waals surface area contributed by atoms with Crippen molar-refractivity contribution in [3.8, 4) is 5.75 Å². The van der Waals surface area contributed by atoms with Gasteiger partial charge in [-0.3, -0.25) is 0 Å². The van der Waals surface area contributed by atoms with Crippen LogP contribution >= 0.6 is 0 Å². The summed E-state index contributed by atoms with van der Waals surface area (Å²) in [6, 6.07) is 5.07. The summed E-state index contributed by atoms with van der Waals surface area (Å²) in [7, 11) is 1.46. The van der Waals surface area contributed by atoms with Gasteiger partial charge in [-0.15, -0.1) is 0 Å². The normalized spacial score (nSPS) is 14.8. The quantitative estimate of drug-likeness (QED) is 0.781. The number of ether oxygens (including phenoxy) is 2. The molecule has 0 saturated heterocycles. The van der Waals surface area contributed by atoms with Crippen LogP contribution in [0, 0.1) is 0 Å². The first-order valence-corrected chi connectivity index (χ1v) is 5.99. The Morgan fingerprint density at radius 2 is 1.95 bits per heavy atom. The summed E-state index contributed by atoms with van der Waals surface area (Å²) >= 11 is 0. The first-order chi connectivity index (χ1) is 9.32. The zero-order valence-corrected chi connectivity index (χ0v) is 11.0. The van der Waals surface area contributed by atoms with Gasteiger partial charge < -0.3 is 9.47 Å². The molecule has 1 aromatic carbocycles. The number of hydrogen-bond acceptors (Lipinski definition) is 3. The second-order valence-corrected chi connectivity index (χ2v) is 4.52. The topological polar surface area (TPSA) is 35.5 Å². The maximum absolute atomic E-state index is 12.3. The van der Waals surface area contributed by atoms with Gasteiger partial charge >= 0.3 is 12.1 Å². The number of carbonyl (C=O) groups is 1. The van der Waals surface area contributed by atoms with Crippen LogP contribution in [0.15, 0.2) is 23.8 Å². The molecule has 20 heavy (non-hydrogen) atoms. The zero-order valence-electron chi connectivity index (χ0n) is 11.0. The summed E-state index contributed by atoms with van der Waals surface area (Å²) in [5, 5.41) is 0. The number of halogens is 3. The average molecular weight is 286 g/mol. The Bertz CT molecular complexity index is 574. The van der Waals surface area contributed by atoms with E-state index in [0.29, 0.717) is 29.7 Å². The van der Waals surface area contributed by atoms with E-state index in [9.17, 15) is 18.0 Å². The molecule has 2 rings (SSSR count). The molecule has 108 valence electrons. The van der Waals surface area contributed by atoms with Crippen LogP contribution in [0.4, 0.5) is 13.2 Å². The minimum absolute atomic E-state index is 0.0209. The van der Waals surface area contributed by atoms with Crippen molar-refractivity contribution in [2.24, 2.45) is 0 Å². The number of benzene rings is 1. The average Bonchev–Trinajstić information content (AvgIpc) is 2.40. The molecule has 0 atom stereocenters. The first kappa shape index (κ1) is 14.4. The number of methoxy groups -OCH3 is 1. The molecule has 0 radical (unpaired) electrons. The van der Waals surface area contributed by atoms with Gasteiger partial charge in [0.2, 0.25) is 0 Å². The van der Waals surface area contributed by atoms with Crippen LogP contribution < -0.4 is 4.74 Å². The van der Waals surface area contributed by atoms with Crippen molar-refractivity contribution >= 4 is 11.7 Å². The van der Waals surface area contributed by atoms with Gasteiger partial charge in [0.15, 0.2) is 0 Å². The summed E-state index contributed by atoms with van der Waals surface area (Å²) in [6.07, 6.45) is -3.76. The van der Waals surface area contributed by atoms with Crippen molar-refractivity contribution in [2.75, 3.05) is 7.11 Å². The lowest BCUT2D eigenvalue weighted by atomic mass is 9.91. The fraction of sp³-hybridized carbons (Fsp3) is 0.357. The van der Waals surface area contributed by atoms with Gasteiger partial charge in [-0.1, -0.05) is 6.07 Å². The van der Waals surface area contributed by atoms with Gasteiger partial charge in [-0.25, -0.2) is 4.79 Å². The van der Waals surface area contributed by atoms with Crippen molar-refractivity contribution < 1.29 is 27.4 Å². The minimum atomic E-state index is -5.01. The van der Waals surface area contributed by atoms with E-state index >= 15 is 0 Å². The molecule has 6 heteroatoms. The highest BCUT2D eigenvalue weighted by Crippen LogP contribution is 2.35. The molecular formula is C14H13F3O3. The number of carbonyl (C=O) groups excluding carboxylic acids is 1. The van der Waals surface area contributed by atoms with Crippen LogP contribution in [0.3, 0.4) is 0 Å². The molecule has 0 aromatic heterocycles. The predicted octanol–water partition coefficient (Wildman–Crippen LogP) is 3.48. The van der Waals surface area contributed by atoms with Crippen molar-refractivity contribution in [3.63, 3.8) is 0 Å². The van der Waals surface area contributed by atoms with Gasteiger partial charge in [-0.05, 0) is 43.0 Å². The summed E-state index contributed by atoms with van der Waals surface area (Å²) in [5.74, 6) is -1.73. The Labute approximate surface area is 114 Å². The second kappa shape index (κ2) is 5.19. The highest BCUT2D eigenvalue weighted by atomic mass is 19.4. The van der Waals surface area contributed by atoms with E-state index in [4.69, 9.17) is 4.74 Å². The van der Waals surface area contributed by atoms with E-state index in [1.807, 2.05) is 0 Å². The van der Waals surface area contributed by atoms with E-state index in [2.05, 4.69) is 4.74 Å². The first-order valence-electron chi connectivity index (χ1n) is 5.99. The van der Waals surface area contributed by atoms with E-state index < -0.39 is 12.1 Å². The minimum Gasteiger partial charge on any atom is -0.497 e. The van der Waals surface area contributed by atoms with E-state index in [1.165, 1.54) is 7.11 Å². The molecule has 1 aliphatic rings.